The summed E-state index contributed by atoms with van der Waals surface area (Å²) in [5.41, 5.74) is 1.55. The van der Waals surface area contributed by atoms with E-state index in [4.69, 9.17) is 4.74 Å². The number of hydrogen-bond acceptors (Lipinski definition) is 4. The normalized spacial score (nSPS) is 10.2. The van der Waals surface area contributed by atoms with Gasteiger partial charge in [-0.05, 0) is 31.2 Å². The molecule has 0 saturated carbocycles. The first kappa shape index (κ1) is 13.1. The van der Waals surface area contributed by atoms with Gasteiger partial charge >= 0.3 is 5.97 Å². The number of imidazole rings is 1. The number of carbonyl (C=O) groups excluding carboxylic acids is 1. The van der Waals surface area contributed by atoms with Crippen LogP contribution in [0, 0.1) is 0 Å². The van der Waals surface area contributed by atoms with Crippen molar-refractivity contribution in [2.24, 2.45) is 0 Å². The molecule has 5 heteroatoms. The summed E-state index contributed by atoms with van der Waals surface area (Å²) in [6.45, 7) is 3.84. The van der Waals surface area contributed by atoms with Gasteiger partial charge in [0.2, 0.25) is 0 Å². The van der Waals surface area contributed by atoms with Crippen LogP contribution in [0.1, 0.15) is 17.3 Å². The molecule has 0 saturated heterocycles. The standard InChI is InChI=1S/C14H17N3O2/c1-2-19-14(18)12-3-5-13(6-4-12)16-8-10-17-9-7-15-11-17/h3-7,9,11,16H,2,8,10H2,1H3. The van der Waals surface area contributed by atoms with Gasteiger partial charge in [0, 0.05) is 31.2 Å². The second kappa shape index (κ2) is 6.58. The minimum absolute atomic E-state index is 0.285. The lowest BCUT2D eigenvalue weighted by Gasteiger charge is -2.07. The molecule has 0 unspecified atom stereocenters. The van der Waals surface area contributed by atoms with Crippen molar-refractivity contribution >= 4 is 11.7 Å². The van der Waals surface area contributed by atoms with E-state index in [9.17, 15) is 4.79 Å². The highest BCUT2D eigenvalue weighted by atomic mass is 16.5. The number of carbonyl (C=O) groups is 1. The van der Waals surface area contributed by atoms with Gasteiger partial charge in [-0.3, -0.25) is 0 Å². The van der Waals surface area contributed by atoms with Crippen molar-refractivity contribution in [1.29, 1.82) is 0 Å². The van der Waals surface area contributed by atoms with E-state index in [0.29, 0.717) is 12.2 Å². The van der Waals surface area contributed by atoms with Crippen LogP contribution in [-0.4, -0.2) is 28.7 Å². The van der Waals surface area contributed by atoms with E-state index in [0.717, 1.165) is 18.8 Å². The molecule has 1 heterocycles. The van der Waals surface area contributed by atoms with Crippen LogP contribution in [-0.2, 0) is 11.3 Å². The summed E-state index contributed by atoms with van der Waals surface area (Å²) in [5.74, 6) is -0.285. The highest BCUT2D eigenvalue weighted by Crippen LogP contribution is 2.10. The first-order valence-electron chi connectivity index (χ1n) is 6.26. The molecule has 1 aromatic carbocycles. The van der Waals surface area contributed by atoms with Gasteiger partial charge in [0.25, 0.3) is 0 Å². The highest BCUT2D eigenvalue weighted by molar-refractivity contribution is 5.89. The van der Waals surface area contributed by atoms with Crippen molar-refractivity contribution in [1.82, 2.24) is 9.55 Å². The number of rotatable bonds is 6. The second-order valence-electron chi connectivity index (χ2n) is 4.03. The average Bonchev–Trinajstić information content (AvgIpc) is 2.93. The molecule has 2 aromatic rings. The van der Waals surface area contributed by atoms with Crippen LogP contribution in [0.25, 0.3) is 0 Å². The van der Waals surface area contributed by atoms with E-state index in [1.165, 1.54) is 0 Å². The molecular weight excluding hydrogens is 242 g/mol. The third kappa shape index (κ3) is 3.84. The number of aromatic nitrogens is 2. The average molecular weight is 259 g/mol. The Bertz CT molecular complexity index is 506. The van der Waals surface area contributed by atoms with Crippen LogP contribution in [0.2, 0.25) is 0 Å². The van der Waals surface area contributed by atoms with Gasteiger partial charge in [0.15, 0.2) is 0 Å². The van der Waals surface area contributed by atoms with E-state index >= 15 is 0 Å². The minimum Gasteiger partial charge on any atom is -0.462 e. The lowest BCUT2D eigenvalue weighted by atomic mass is 10.2. The summed E-state index contributed by atoms with van der Waals surface area (Å²) in [7, 11) is 0. The molecule has 5 nitrogen and oxygen atoms in total. The fraction of sp³-hybridized carbons (Fsp3) is 0.286. The van der Waals surface area contributed by atoms with E-state index < -0.39 is 0 Å². The van der Waals surface area contributed by atoms with Gasteiger partial charge in [-0.25, -0.2) is 9.78 Å². The van der Waals surface area contributed by atoms with Crippen molar-refractivity contribution in [3.8, 4) is 0 Å². The smallest absolute Gasteiger partial charge is 0.338 e. The predicted molar refractivity (Wildman–Crippen MR) is 73.1 cm³/mol. The molecule has 0 fully saturated rings. The molecule has 2 rings (SSSR count). The van der Waals surface area contributed by atoms with Crippen LogP contribution in [0.3, 0.4) is 0 Å². The van der Waals surface area contributed by atoms with Crippen LogP contribution < -0.4 is 5.32 Å². The zero-order valence-electron chi connectivity index (χ0n) is 10.9. The molecule has 1 aromatic heterocycles. The Labute approximate surface area is 112 Å². The summed E-state index contributed by atoms with van der Waals surface area (Å²) in [6.07, 6.45) is 5.46. The lowest BCUT2D eigenvalue weighted by molar-refractivity contribution is 0.0526. The molecule has 0 aliphatic rings. The first-order valence-corrected chi connectivity index (χ1v) is 6.26. The van der Waals surface area contributed by atoms with Gasteiger partial charge in [0.1, 0.15) is 0 Å². The van der Waals surface area contributed by atoms with Gasteiger partial charge in [-0.2, -0.15) is 0 Å². The Morgan fingerprint density at radius 1 is 1.37 bits per heavy atom. The van der Waals surface area contributed by atoms with Gasteiger partial charge in [-0.1, -0.05) is 0 Å². The van der Waals surface area contributed by atoms with Crippen molar-refractivity contribution in [3.05, 3.63) is 48.5 Å². The third-order valence-electron chi connectivity index (χ3n) is 2.65. The Kier molecular flexibility index (Phi) is 4.55. The number of benzene rings is 1. The van der Waals surface area contributed by atoms with Crippen LogP contribution in [0.5, 0.6) is 0 Å². The van der Waals surface area contributed by atoms with E-state index in [1.54, 1.807) is 31.6 Å². The Hall–Kier alpha value is -2.30. The van der Waals surface area contributed by atoms with Gasteiger partial charge in [0.05, 0.1) is 18.5 Å². The van der Waals surface area contributed by atoms with Crippen molar-refractivity contribution in [2.75, 3.05) is 18.5 Å². The van der Waals surface area contributed by atoms with Crippen LogP contribution >= 0.6 is 0 Å². The molecule has 0 aliphatic heterocycles. The van der Waals surface area contributed by atoms with Gasteiger partial charge < -0.3 is 14.6 Å². The number of ether oxygens (including phenoxy) is 1. The molecule has 0 bridgehead atoms. The summed E-state index contributed by atoms with van der Waals surface area (Å²) < 4.78 is 6.93. The van der Waals surface area contributed by atoms with Gasteiger partial charge in [-0.15, -0.1) is 0 Å². The van der Waals surface area contributed by atoms with E-state index in [1.807, 2.05) is 22.9 Å². The largest absolute Gasteiger partial charge is 0.462 e. The molecule has 0 atom stereocenters. The molecule has 0 radical (unpaired) electrons. The summed E-state index contributed by atoms with van der Waals surface area (Å²) in [5, 5.41) is 3.28. The van der Waals surface area contributed by atoms with E-state index in [-0.39, 0.29) is 5.97 Å². The molecule has 0 spiro atoms. The summed E-state index contributed by atoms with van der Waals surface area (Å²) in [4.78, 5) is 15.5. The molecule has 1 N–H and O–H groups in total. The number of nitrogens with one attached hydrogen (secondary N) is 1. The quantitative estimate of drug-likeness (QED) is 0.808. The second-order valence-corrected chi connectivity index (χ2v) is 4.03. The maximum Gasteiger partial charge on any atom is 0.338 e. The van der Waals surface area contributed by atoms with Crippen molar-refractivity contribution < 1.29 is 9.53 Å². The molecule has 0 aliphatic carbocycles. The summed E-state index contributed by atoms with van der Waals surface area (Å²) >= 11 is 0. The maximum atomic E-state index is 11.5. The molecular formula is C14H17N3O2. The molecule has 0 amide bonds. The zero-order valence-corrected chi connectivity index (χ0v) is 10.9. The number of anilines is 1. The number of esters is 1. The molecule has 19 heavy (non-hydrogen) atoms. The monoisotopic (exact) mass is 259 g/mol. The Balaban J connectivity index is 1.83. The summed E-state index contributed by atoms with van der Waals surface area (Å²) in [6, 6.07) is 7.27. The fourth-order valence-corrected chi connectivity index (χ4v) is 1.69. The van der Waals surface area contributed by atoms with E-state index in [2.05, 4.69) is 10.3 Å². The number of hydrogen-bond donors (Lipinski definition) is 1. The highest BCUT2D eigenvalue weighted by Gasteiger charge is 2.05. The van der Waals surface area contributed by atoms with Crippen LogP contribution in [0.4, 0.5) is 5.69 Å². The minimum atomic E-state index is -0.285. The predicted octanol–water partition coefficient (Wildman–Crippen LogP) is 2.17. The lowest BCUT2D eigenvalue weighted by Crippen LogP contribution is -2.09. The van der Waals surface area contributed by atoms with Crippen LogP contribution in [0.15, 0.2) is 43.0 Å². The Morgan fingerprint density at radius 2 is 2.16 bits per heavy atom. The molecule has 100 valence electrons. The third-order valence-corrected chi connectivity index (χ3v) is 2.65. The first-order chi connectivity index (χ1) is 9.29. The topological polar surface area (TPSA) is 56.1 Å². The fourth-order valence-electron chi connectivity index (χ4n) is 1.69. The number of nitrogens with zero attached hydrogens (tertiary/aromatic N) is 2. The zero-order chi connectivity index (χ0) is 13.5. The SMILES string of the molecule is CCOC(=O)c1ccc(NCCn2ccnc2)cc1. The Morgan fingerprint density at radius 3 is 2.79 bits per heavy atom. The van der Waals surface area contributed by atoms with Crippen molar-refractivity contribution in [2.45, 2.75) is 13.5 Å². The van der Waals surface area contributed by atoms with Crippen molar-refractivity contribution in [3.63, 3.8) is 0 Å². The maximum absolute atomic E-state index is 11.5.